The summed E-state index contributed by atoms with van der Waals surface area (Å²) in [6.45, 7) is -3.42. The van der Waals surface area contributed by atoms with Gasteiger partial charge in [-0.1, -0.05) is 11.3 Å². The van der Waals surface area contributed by atoms with Crippen molar-refractivity contribution in [2.75, 3.05) is 32.5 Å². The van der Waals surface area contributed by atoms with Crippen molar-refractivity contribution in [3.8, 4) is 17.0 Å². The van der Waals surface area contributed by atoms with Crippen LogP contribution in [0.1, 0.15) is 17.5 Å². The number of benzene rings is 1. The molecule has 1 saturated heterocycles. The Bertz CT molecular complexity index is 1480. The molecule has 1 aromatic carbocycles. The molecule has 35 heavy (non-hydrogen) atoms. The van der Waals surface area contributed by atoms with Crippen LogP contribution in [-0.2, 0) is 6.54 Å². The van der Waals surface area contributed by atoms with Crippen LogP contribution in [0.3, 0.4) is 0 Å². The predicted molar refractivity (Wildman–Crippen MR) is 121 cm³/mol. The molecule has 0 spiro atoms. The molecule has 1 N–H and O–H groups in total. The number of ether oxygens (including phenoxy) is 1. The molecule has 4 aromatic rings. The van der Waals surface area contributed by atoms with E-state index in [1.54, 1.807) is 30.5 Å². The number of hydrogen-bond acceptors (Lipinski definition) is 7. The second kappa shape index (κ2) is 8.33. The van der Waals surface area contributed by atoms with Crippen LogP contribution in [0.15, 0.2) is 30.5 Å². The van der Waals surface area contributed by atoms with Gasteiger partial charge in [-0.25, -0.2) is 26.8 Å². The molecule has 0 bridgehead atoms. The first kappa shape index (κ1) is 19.8. The largest absolute Gasteiger partial charge is 0.479 e. The van der Waals surface area contributed by atoms with Crippen molar-refractivity contribution in [2.24, 2.45) is 0 Å². The van der Waals surface area contributed by atoms with Crippen molar-refractivity contribution in [2.45, 2.75) is 37.8 Å². The number of likely N-dealkylation sites (tertiary alicyclic amines) is 1. The van der Waals surface area contributed by atoms with Crippen LogP contribution in [0.2, 0.25) is 0 Å². The smallest absolute Gasteiger partial charge is 0.280 e. The Morgan fingerprint density at radius 2 is 2.14 bits per heavy atom. The molecule has 1 aliphatic heterocycles. The summed E-state index contributed by atoms with van der Waals surface area (Å²) < 4.78 is 87.0. The van der Waals surface area contributed by atoms with E-state index in [1.165, 1.54) is 11.6 Å². The van der Waals surface area contributed by atoms with Gasteiger partial charge in [0.2, 0.25) is 11.8 Å². The van der Waals surface area contributed by atoms with Crippen LogP contribution in [-0.4, -0.2) is 79.6 Å². The molecule has 5 rings (SSSR count). The van der Waals surface area contributed by atoms with Crippen LogP contribution >= 0.6 is 0 Å². The first-order valence-electron chi connectivity index (χ1n) is 12.3. The van der Waals surface area contributed by atoms with Gasteiger partial charge in [0.15, 0.2) is 0 Å². The molecule has 1 unspecified atom stereocenters. The Hall–Kier alpha value is -3.48. The van der Waals surface area contributed by atoms with E-state index in [0.29, 0.717) is 27.7 Å². The van der Waals surface area contributed by atoms with Crippen molar-refractivity contribution < 1.29 is 26.4 Å². The highest BCUT2D eigenvalue weighted by atomic mass is 19.3. The van der Waals surface area contributed by atoms with Crippen LogP contribution in [0.25, 0.3) is 27.7 Å². The third-order valence-electron chi connectivity index (χ3n) is 5.83. The molecule has 0 aliphatic carbocycles. The third-order valence-corrected chi connectivity index (χ3v) is 5.83. The minimum Gasteiger partial charge on any atom is -0.479 e. The number of halogens is 4. The topological polar surface area (TPSA) is 85.4 Å². The van der Waals surface area contributed by atoms with Gasteiger partial charge in [0, 0.05) is 29.3 Å². The van der Waals surface area contributed by atoms with Crippen LogP contribution in [0.5, 0.6) is 5.88 Å². The summed E-state index contributed by atoms with van der Waals surface area (Å²) in [5.74, 6) is -6.36. The maximum absolute atomic E-state index is 14.8. The lowest BCUT2D eigenvalue weighted by molar-refractivity contribution is -0.0675. The Morgan fingerprint density at radius 3 is 2.86 bits per heavy atom. The lowest BCUT2D eigenvalue weighted by Gasteiger charge is -2.36. The number of hydrogen-bond donors (Lipinski definition) is 1. The molecule has 13 heteroatoms. The van der Waals surface area contributed by atoms with E-state index in [9.17, 15) is 17.6 Å². The summed E-state index contributed by atoms with van der Waals surface area (Å²) in [6, 6.07) is 5.39. The molecule has 1 aliphatic rings. The molecule has 9 nitrogen and oxygen atoms in total. The Morgan fingerprint density at radius 1 is 1.31 bits per heavy atom. The lowest BCUT2D eigenvalue weighted by Crippen LogP contribution is -2.53. The van der Waals surface area contributed by atoms with Gasteiger partial charge in [-0.15, -0.1) is 10.2 Å². The fraction of sp³-hybridized carbons (Fsp3) is 0.455. The summed E-state index contributed by atoms with van der Waals surface area (Å²) in [6.07, 6.45) is 1.46. The van der Waals surface area contributed by atoms with Gasteiger partial charge in [-0.3, -0.25) is 0 Å². The summed E-state index contributed by atoms with van der Waals surface area (Å²) in [5.41, 5.74) is 2.53. The second-order valence-electron chi connectivity index (χ2n) is 8.66. The Labute approximate surface area is 201 Å². The zero-order valence-electron chi connectivity index (χ0n) is 21.8. The maximum Gasteiger partial charge on any atom is 0.280 e. The predicted octanol–water partition coefficient (Wildman–Crippen LogP) is 3.56. The van der Waals surface area contributed by atoms with Gasteiger partial charge < -0.3 is 15.0 Å². The molecule has 4 heterocycles. The van der Waals surface area contributed by atoms with E-state index < -0.39 is 38.0 Å². The molecule has 186 valence electrons. The minimum absolute atomic E-state index is 0.0469. The zero-order valence-corrected chi connectivity index (χ0v) is 18.8. The van der Waals surface area contributed by atoms with Gasteiger partial charge in [0.1, 0.15) is 17.6 Å². The first-order chi connectivity index (χ1) is 17.7. The van der Waals surface area contributed by atoms with Gasteiger partial charge in [-0.05, 0) is 37.2 Å². The summed E-state index contributed by atoms with van der Waals surface area (Å²) in [5, 5.41) is 14.7. The normalized spacial score (nSPS) is 20.5. The number of nitrogens with zero attached hydrogens (tertiary/aromatic N) is 7. The number of methoxy groups -OCH3 is 1. The number of aromatic nitrogens is 6. The third kappa shape index (κ3) is 4.47. The summed E-state index contributed by atoms with van der Waals surface area (Å²) >= 11 is 0. The van der Waals surface area contributed by atoms with Crippen LogP contribution in [0.4, 0.5) is 23.5 Å². The fourth-order valence-corrected chi connectivity index (χ4v) is 4.21. The lowest BCUT2D eigenvalue weighted by atomic mass is 10.0. The standard InChI is InChI=1S/C22H24F4N8O/c1-21(23,24)11-34-16-10-13(4-5-15(16)29-31-34)14-6-9-33-18(14)19(35-3)28-20(30-33)27-17-7-8-32(2)12-22(17,25)26/h4-6,9-10,17H,7-8,11-12H2,1-3H3,(H,27,30)/i2D3. The van der Waals surface area contributed by atoms with E-state index in [1.807, 2.05) is 0 Å². The van der Waals surface area contributed by atoms with Gasteiger partial charge in [-0.2, -0.15) is 4.98 Å². The molecular formula is C22H24F4N8O. The first-order valence-corrected chi connectivity index (χ1v) is 10.8. The maximum atomic E-state index is 14.8. The number of rotatable bonds is 6. The molecular weight excluding hydrogens is 468 g/mol. The Balaban J connectivity index is 1.47. The molecule has 0 amide bonds. The van der Waals surface area contributed by atoms with Crippen LogP contribution < -0.4 is 10.1 Å². The fourth-order valence-electron chi connectivity index (χ4n) is 4.21. The van der Waals surface area contributed by atoms with Crippen molar-refractivity contribution in [3.63, 3.8) is 0 Å². The van der Waals surface area contributed by atoms with Gasteiger partial charge in [0.25, 0.3) is 11.8 Å². The quantitative estimate of drug-likeness (QED) is 0.410. The number of fused-ring (bicyclic) bond motifs is 2. The highest BCUT2D eigenvalue weighted by molar-refractivity contribution is 5.89. The number of piperidine rings is 1. The summed E-state index contributed by atoms with van der Waals surface area (Å²) in [7, 11) is 1.37. The summed E-state index contributed by atoms with van der Waals surface area (Å²) in [4.78, 5) is 5.04. The van der Waals surface area contributed by atoms with E-state index in [4.69, 9.17) is 8.85 Å². The molecule has 1 fully saturated rings. The van der Waals surface area contributed by atoms with Crippen molar-refractivity contribution in [1.29, 1.82) is 0 Å². The van der Waals surface area contributed by atoms with Crippen LogP contribution in [0, 0.1) is 0 Å². The van der Waals surface area contributed by atoms with E-state index >= 15 is 0 Å². The van der Waals surface area contributed by atoms with Crippen molar-refractivity contribution in [1.82, 2.24) is 34.5 Å². The van der Waals surface area contributed by atoms with Gasteiger partial charge >= 0.3 is 0 Å². The van der Waals surface area contributed by atoms with Crippen molar-refractivity contribution in [3.05, 3.63) is 30.5 Å². The average molecular weight is 495 g/mol. The average Bonchev–Trinajstić information content (AvgIpc) is 3.42. The van der Waals surface area contributed by atoms with Crippen molar-refractivity contribution >= 4 is 22.5 Å². The van der Waals surface area contributed by atoms with E-state index in [0.717, 1.165) is 16.5 Å². The number of anilines is 1. The Kier molecular flexibility index (Phi) is 4.71. The molecule has 0 saturated carbocycles. The minimum atomic E-state index is -3.35. The molecule has 1 atom stereocenters. The second-order valence-corrected chi connectivity index (χ2v) is 8.66. The molecule has 0 radical (unpaired) electrons. The zero-order chi connectivity index (χ0) is 27.5. The SMILES string of the molecule is [2H]C([2H])([2H])N1CCC(Nc2nc(OC)c3c(-c4ccc5nnn(CC(C)(F)F)c5c4)ccn3n2)C(F)(F)C1. The number of alkyl halides is 4. The van der Waals surface area contributed by atoms with Gasteiger partial charge in [0.05, 0.1) is 25.2 Å². The highest BCUT2D eigenvalue weighted by Gasteiger charge is 2.44. The van der Waals surface area contributed by atoms with E-state index in [-0.39, 0.29) is 24.8 Å². The molecule has 3 aromatic heterocycles. The number of nitrogens with one attached hydrogen (secondary N) is 1. The monoisotopic (exact) mass is 495 g/mol. The highest BCUT2D eigenvalue weighted by Crippen LogP contribution is 2.34. The van der Waals surface area contributed by atoms with E-state index in [2.05, 4.69) is 25.7 Å².